The van der Waals surface area contributed by atoms with Gasteiger partial charge >= 0.3 is 0 Å². The number of fused-ring (bicyclic) bond motifs is 1. The van der Waals surface area contributed by atoms with Crippen molar-refractivity contribution in [1.82, 2.24) is 4.98 Å². The van der Waals surface area contributed by atoms with Gasteiger partial charge in [0.15, 0.2) is 11.5 Å². The fraction of sp³-hybridized carbons (Fsp3) is 0.353. The SMILES string of the molecule is CC1(C)Cc2cccc(OCc3cccnc3CN)c2O1. The summed E-state index contributed by atoms with van der Waals surface area (Å²) in [4.78, 5) is 4.27. The molecule has 0 aliphatic carbocycles. The van der Waals surface area contributed by atoms with Gasteiger partial charge in [0.05, 0.1) is 5.69 Å². The summed E-state index contributed by atoms with van der Waals surface area (Å²) in [6, 6.07) is 9.92. The van der Waals surface area contributed by atoms with Gasteiger partial charge in [-0.3, -0.25) is 4.98 Å². The smallest absolute Gasteiger partial charge is 0.165 e. The fourth-order valence-electron chi connectivity index (χ4n) is 2.64. The van der Waals surface area contributed by atoms with Crippen molar-refractivity contribution in [3.05, 3.63) is 53.3 Å². The minimum absolute atomic E-state index is 0.168. The van der Waals surface area contributed by atoms with E-state index in [0.717, 1.165) is 29.2 Å². The Labute approximate surface area is 124 Å². The predicted octanol–water partition coefficient (Wildman–Crippen LogP) is 2.83. The average molecular weight is 284 g/mol. The summed E-state index contributed by atoms with van der Waals surface area (Å²) >= 11 is 0. The topological polar surface area (TPSA) is 57.4 Å². The highest BCUT2D eigenvalue weighted by atomic mass is 16.5. The summed E-state index contributed by atoms with van der Waals surface area (Å²) in [5.74, 6) is 1.64. The van der Waals surface area contributed by atoms with Gasteiger partial charge in [-0.15, -0.1) is 0 Å². The van der Waals surface area contributed by atoms with Crippen molar-refractivity contribution in [2.45, 2.75) is 39.0 Å². The molecular formula is C17H20N2O2. The van der Waals surface area contributed by atoms with Crippen LogP contribution in [-0.4, -0.2) is 10.6 Å². The Morgan fingerprint density at radius 1 is 1.29 bits per heavy atom. The zero-order valence-corrected chi connectivity index (χ0v) is 12.4. The Balaban J connectivity index is 1.80. The second-order valence-electron chi connectivity index (χ2n) is 5.88. The molecule has 0 amide bonds. The van der Waals surface area contributed by atoms with Crippen molar-refractivity contribution < 1.29 is 9.47 Å². The van der Waals surface area contributed by atoms with Crippen LogP contribution in [0.3, 0.4) is 0 Å². The molecule has 3 rings (SSSR count). The number of hydrogen-bond acceptors (Lipinski definition) is 4. The number of benzene rings is 1. The molecule has 0 saturated heterocycles. The molecule has 0 atom stereocenters. The summed E-state index contributed by atoms with van der Waals surface area (Å²) in [6.45, 7) is 5.03. The molecule has 0 radical (unpaired) electrons. The van der Waals surface area contributed by atoms with E-state index < -0.39 is 0 Å². The Hall–Kier alpha value is -2.07. The normalized spacial score (nSPS) is 15.4. The summed E-state index contributed by atoms with van der Waals surface area (Å²) < 4.78 is 12.0. The molecule has 0 unspecified atom stereocenters. The molecule has 1 aliphatic heterocycles. The first kappa shape index (κ1) is 13.9. The second kappa shape index (κ2) is 5.37. The Morgan fingerprint density at radius 3 is 2.95 bits per heavy atom. The fourth-order valence-corrected chi connectivity index (χ4v) is 2.64. The lowest BCUT2D eigenvalue weighted by atomic mass is 10.0. The van der Waals surface area contributed by atoms with Crippen LogP contribution in [0.2, 0.25) is 0 Å². The Morgan fingerprint density at radius 2 is 2.14 bits per heavy atom. The van der Waals surface area contributed by atoms with Gasteiger partial charge in [0.25, 0.3) is 0 Å². The molecule has 110 valence electrons. The van der Waals surface area contributed by atoms with Gasteiger partial charge < -0.3 is 15.2 Å². The third-order valence-corrected chi connectivity index (χ3v) is 3.62. The third kappa shape index (κ3) is 2.85. The number of ether oxygens (including phenoxy) is 2. The van der Waals surface area contributed by atoms with Crippen LogP contribution in [-0.2, 0) is 19.6 Å². The first-order chi connectivity index (χ1) is 10.1. The van der Waals surface area contributed by atoms with E-state index in [4.69, 9.17) is 15.2 Å². The van der Waals surface area contributed by atoms with E-state index in [-0.39, 0.29) is 5.60 Å². The zero-order valence-electron chi connectivity index (χ0n) is 12.4. The molecule has 2 heterocycles. The lowest BCUT2D eigenvalue weighted by molar-refractivity contribution is 0.131. The number of nitrogens with two attached hydrogens (primary N) is 1. The maximum atomic E-state index is 6.01. The molecule has 21 heavy (non-hydrogen) atoms. The minimum atomic E-state index is -0.168. The molecule has 4 nitrogen and oxygen atoms in total. The van der Waals surface area contributed by atoms with Crippen molar-refractivity contribution in [3.63, 3.8) is 0 Å². The predicted molar refractivity (Wildman–Crippen MR) is 81.3 cm³/mol. The van der Waals surface area contributed by atoms with Crippen molar-refractivity contribution in [3.8, 4) is 11.5 Å². The molecular weight excluding hydrogens is 264 g/mol. The van der Waals surface area contributed by atoms with Crippen LogP contribution < -0.4 is 15.2 Å². The van der Waals surface area contributed by atoms with E-state index in [0.29, 0.717) is 13.2 Å². The number of aromatic nitrogens is 1. The minimum Gasteiger partial charge on any atom is -0.485 e. The number of para-hydroxylation sites is 1. The maximum Gasteiger partial charge on any atom is 0.165 e. The van der Waals surface area contributed by atoms with Gasteiger partial charge in [-0.1, -0.05) is 18.2 Å². The van der Waals surface area contributed by atoms with Crippen molar-refractivity contribution in [1.29, 1.82) is 0 Å². The standard InChI is InChI=1S/C17H20N2O2/c1-17(2)9-12-5-3-7-15(16(12)21-17)20-11-13-6-4-8-19-14(13)10-18/h3-8H,9-11,18H2,1-2H3. The van der Waals surface area contributed by atoms with Crippen LogP contribution in [0.5, 0.6) is 11.5 Å². The van der Waals surface area contributed by atoms with Crippen LogP contribution in [0.25, 0.3) is 0 Å². The van der Waals surface area contributed by atoms with E-state index >= 15 is 0 Å². The van der Waals surface area contributed by atoms with Gasteiger partial charge in [-0.05, 0) is 26.0 Å². The van der Waals surface area contributed by atoms with E-state index in [1.807, 2.05) is 24.3 Å². The largest absolute Gasteiger partial charge is 0.485 e. The first-order valence-electron chi connectivity index (χ1n) is 7.15. The summed E-state index contributed by atoms with van der Waals surface area (Å²) in [6.07, 6.45) is 2.65. The summed E-state index contributed by atoms with van der Waals surface area (Å²) in [7, 11) is 0. The molecule has 1 aromatic carbocycles. The van der Waals surface area contributed by atoms with Crippen molar-refractivity contribution in [2.24, 2.45) is 5.73 Å². The molecule has 2 aromatic rings. The van der Waals surface area contributed by atoms with Gasteiger partial charge in [0.1, 0.15) is 12.2 Å². The van der Waals surface area contributed by atoms with E-state index in [1.54, 1.807) is 6.20 Å². The lowest BCUT2D eigenvalue weighted by Crippen LogP contribution is -2.24. The van der Waals surface area contributed by atoms with Gasteiger partial charge in [-0.25, -0.2) is 0 Å². The molecule has 0 fully saturated rings. The van der Waals surface area contributed by atoms with E-state index in [1.165, 1.54) is 5.56 Å². The van der Waals surface area contributed by atoms with E-state index in [9.17, 15) is 0 Å². The molecule has 2 N–H and O–H groups in total. The van der Waals surface area contributed by atoms with Crippen LogP contribution in [0.4, 0.5) is 0 Å². The third-order valence-electron chi connectivity index (χ3n) is 3.62. The monoisotopic (exact) mass is 284 g/mol. The average Bonchev–Trinajstić information content (AvgIpc) is 2.79. The molecule has 1 aromatic heterocycles. The molecule has 0 spiro atoms. The maximum absolute atomic E-state index is 6.01. The molecule has 4 heteroatoms. The van der Waals surface area contributed by atoms with Crippen LogP contribution in [0, 0.1) is 0 Å². The Bertz CT molecular complexity index is 653. The highest BCUT2D eigenvalue weighted by Gasteiger charge is 2.32. The summed E-state index contributed by atoms with van der Waals surface area (Å²) in [5, 5.41) is 0. The summed E-state index contributed by atoms with van der Waals surface area (Å²) in [5.41, 5.74) is 8.61. The molecule has 0 saturated carbocycles. The lowest BCUT2D eigenvalue weighted by Gasteiger charge is -2.18. The van der Waals surface area contributed by atoms with Crippen LogP contribution in [0.15, 0.2) is 36.5 Å². The second-order valence-corrected chi connectivity index (χ2v) is 5.88. The number of hydrogen-bond donors (Lipinski definition) is 1. The Kier molecular flexibility index (Phi) is 3.55. The number of rotatable bonds is 4. The van der Waals surface area contributed by atoms with Gasteiger partial charge in [-0.2, -0.15) is 0 Å². The van der Waals surface area contributed by atoms with Crippen LogP contribution >= 0.6 is 0 Å². The quantitative estimate of drug-likeness (QED) is 0.938. The van der Waals surface area contributed by atoms with Gasteiger partial charge in [0, 0.05) is 30.3 Å². The molecule has 0 bridgehead atoms. The van der Waals surface area contributed by atoms with Crippen molar-refractivity contribution in [2.75, 3.05) is 0 Å². The highest BCUT2D eigenvalue weighted by molar-refractivity contribution is 5.50. The first-order valence-corrected chi connectivity index (χ1v) is 7.15. The molecule has 1 aliphatic rings. The van der Waals surface area contributed by atoms with Crippen molar-refractivity contribution >= 4 is 0 Å². The highest BCUT2D eigenvalue weighted by Crippen LogP contribution is 2.41. The van der Waals surface area contributed by atoms with Crippen LogP contribution in [0.1, 0.15) is 30.7 Å². The van der Waals surface area contributed by atoms with Gasteiger partial charge in [0.2, 0.25) is 0 Å². The number of nitrogens with zero attached hydrogens (tertiary/aromatic N) is 1. The zero-order chi connectivity index (χ0) is 14.9. The van der Waals surface area contributed by atoms with E-state index in [2.05, 4.69) is 24.9 Å². The number of pyridine rings is 1.